The second-order valence-electron chi connectivity index (χ2n) is 5.70. The molecule has 4 heteroatoms. The molecule has 1 atom stereocenters. The van der Waals surface area contributed by atoms with Crippen LogP contribution in [0.15, 0.2) is 11.8 Å². The average molecular weight is 255 g/mol. The fraction of sp³-hybridized carbons (Fsp3) is 0.750. The Morgan fingerprint density at radius 3 is 2.50 bits per heavy atom. The third kappa shape index (κ3) is 3.29. The van der Waals surface area contributed by atoms with Gasteiger partial charge in [0, 0.05) is 0 Å². The van der Waals surface area contributed by atoms with Crippen LogP contribution in [0.2, 0.25) is 18.1 Å². The lowest BCUT2D eigenvalue weighted by molar-refractivity contribution is 0.385. The number of rotatable bonds is 2. The minimum absolute atomic E-state index is 0.117. The van der Waals surface area contributed by atoms with Gasteiger partial charge in [0.25, 0.3) is 0 Å². The summed E-state index contributed by atoms with van der Waals surface area (Å²) in [6.07, 6.45) is 2.93. The predicted molar refractivity (Wildman–Crippen MR) is 72.8 cm³/mol. The molecule has 0 amide bonds. The van der Waals surface area contributed by atoms with Crippen molar-refractivity contribution in [2.45, 2.75) is 50.6 Å². The van der Waals surface area contributed by atoms with Crippen molar-refractivity contribution in [1.82, 2.24) is 0 Å². The van der Waals surface area contributed by atoms with Gasteiger partial charge in [-0.05, 0) is 30.6 Å². The van der Waals surface area contributed by atoms with Gasteiger partial charge in [0.1, 0.15) is 0 Å². The number of hydrogen-bond donors (Lipinski definition) is 0. The maximum absolute atomic E-state index is 8.81. The van der Waals surface area contributed by atoms with E-state index in [4.69, 9.17) is 9.69 Å². The number of nitriles is 1. The minimum Gasteiger partial charge on any atom is -0.546 e. The van der Waals surface area contributed by atoms with Crippen LogP contribution in [0.25, 0.3) is 0 Å². The highest BCUT2D eigenvalue weighted by Crippen LogP contribution is 2.39. The number of allylic oxidation sites excluding steroid dienone is 1. The molecule has 0 saturated heterocycles. The van der Waals surface area contributed by atoms with Crippen molar-refractivity contribution >= 4 is 20.1 Å². The molecule has 16 heavy (non-hydrogen) atoms. The highest BCUT2D eigenvalue weighted by molar-refractivity contribution is 8.00. The Morgan fingerprint density at radius 2 is 2.12 bits per heavy atom. The highest BCUT2D eigenvalue weighted by atomic mass is 32.2. The SMILES string of the molecule is CC(C)(C)[Si](C)(C)OC1=CC[C@@H](C#N)SC1. The number of nitrogens with zero attached hydrogens (tertiary/aromatic N) is 1. The minimum atomic E-state index is -1.69. The fourth-order valence-electron chi connectivity index (χ4n) is 1.19. The van der Waals surface area contributed by atoms with Crippen LogP contribution in [-0.2, 0) is 4.43 Å². The Kier molecular flexibility index (Phi) is 4.14. The lowest BCUT2D eigenvalue weighted by Crippen LogP contribution is -2.41. The van der Waals surface area contributed by atoms with Gasteiger partial charge in [-0.2, -0.15) is 5.26 Å². The van der Waals surface area contributed by atoms with Gasteiger partial charge in [0.2, 0.25) is 8.32 Å². The molecule has 1 aliphatic rings. The maximum Gasteiger partial charge on any atom is 0.250 e. The van der Waals surface area contributed by atoms with Crippen LogP contribution in [0.5, 0.6) is 0 Å². The summed E-state index contributed by atoms with van der Waals surface area (Å²) in [5.41, 5.74) is 0. The van der Waals surface area contributed by atoms with Crippen molar-refractivity contribution in [2.75, 3.05) is 5.75 Å². The van der Waals surface area contributed by atoms with Crippen LogP contribution in [0.1, 0.15) is 27.2 Å². The maximum atomic E-state index is 8.81. The van der Waals surface area contributed by atoms with E-state index in [2.05, 4.69) is 46.0 Å². The molecule has 0 aromatic rings. The summed E-state index contributed by atoms with van der Waals surface area (Å²) in [7, 11) is -1.69. The zero-order valence-electron chi connectivity index (χ0n) is 10.8. The van der Waals surface area contributed by atoms with Gasteiger partial charge >= 0.3 is 0 Å². The largest absolute Gasteiger partial charge is 0.546 e. The molecule has 0 spiro atoms. The highest BCUT2D eigenvalue weighted by Gasteiger charge is 2.39. The van der Waals surface area contributed by atoms with E-state index in [1.165, 1.54) is 0 Å². The van der Waals surface area contributed by atoms with Crippen molar-refractivity contribution in [2.24, 2.45) is 0 Å². The summed E-state index contributed by atoms with van der Waals surface area (Å²) in [4.78, 5) is 0. The normalized spacial score (nSPS) is 22.2. The van der Waals surface area contributed by atoms with Crippen LogP contribution in [0.3, 0.4) is 0 Å². The molecule has 0 saturated carbocycles. The van der Waals surface area contributed by atoms with Gasteiger partial charge in [-0.1, -0.05) is 20.8 Å². The molecule has 2 nitrogen and oxygen atoms in total. The topological polar surface area (TPSA) is 33.0 Å². The Labute approximate surface area is 104 Å². The summed E-state index contributed by atoms with van der Waals surface area (Å²) < 4.78 is 6.21. The second-order valence-corrected chi connectivity index (χ2v) is 11.6. The van der Waals surface area contributed by atoms with Crippen molar-refractivity contribution in [1.29, 1.82) is 5.26 Å². The van der Waals surface area contributed by atoms with Crippen molar-refractivity contribution in [3.63, 3.8) is 0 Å². The first kappa shape index (κ1) is 13.7. The molecule has 0 fully saturated rings. The first-order valence-corrected chi connectivity index (χ1v) is 9.61. The van der Waals surface area contributed by atoms with Gasteiger partial charge in [-0.15, -0.1) is 11.8 Å². The predicted octanol–water partition coefficient (Wildman–Crippen LogP) is 3.92. The third-order valence-electron chi connectivity index (χ3n) is 3.32. The summed E-state index contributed by atoms with van der Waals surface area (Å²) in [6.45, 7) is 11.2. The Balaban J connectivity index is 2.64. The van der Waals surface area contributed by atoms with Crippen molar-refractivity contribution in [3.05, 3.63) is 11.8 Å². The zero-order valence-corrected chi connectivity index (χ0v) is 12.6. The summed E-state index contributed by atoms with van der Waals surface area (Å²) in [5, 5.41) is 9.16. The van der Waals surface area contributed by atoms with Crippen LogP contribution < -0.4 is 0 Å². The van der Waals surface area contributed by atoms with E-state index in [-0.39, 0.29) is 10.3 Å². The van der Waals surface area contributed by atoms with Crippen molar-refractivity contribution < 1.29 is 4.43 Å². The fourth-order valence-corrected chi connectivity index (χ4v) is 3.26. The second kappa shape index (κ2) is 4.85. The molecule has 1 aliphatic heterocycles. The van der Waals surface area contributed by atoms with Crippen LogP contribution in [0, 0.1) is 11.3 Å². The molecule has 0 aromatic carbocycles. The molecule has 0 aliphatic carbocycles. The van der Waals surface area contributed by atoms with E-state index in [1.54, 1.807) is 11.8 Å². The van der Waals surface area contributed by atoms with Gasteiger partial charge in [0.05, 0.1) is 22.8 Å². The monoisotopic (exact) mass is 255 g/mol. The molecule has 0 radical (unpaired) electrons. The Morgan fingerprint density at radius 1 is 1.50 bits per heavy atom. The molecule has 0 N–H and O–H groups in total. The molecule has 0 bridgehead atoms. The molecule has 1 heterocycles. The van der Waals surface area contributed by atoms with Crippen LogP contribution in [-0.4, -0.2) is 19.3 Å². The molecular weight excluding hydrogens is 234 g/mol. The summed E-state index contributed by atoms with van der Waals surface area (Å²) in [5.74, 6) is 1.94. The number of hydrogen-bond acceptors (Lipinski definition) is 3. The first-order valence-electron chi connectivity index (χ1n) is 5.65. The van der Waals surface area contributed by atoms with Crippen LogP contribution in [0.4, 0.5) is 0 Å². The van der Waals surface area contributed by atoms with Crippen LogP contribution >= 0.6 is 11.8 Å². The van der Waals surface area contributed by atoms with E-state index in [0.717, 1.165) is 17.9 Å². The molecule has 0 aromatic heterocycles. The van der Waals surface area contributed by atoms with E-state index in [1.807, 2.05) is 0 Å². The molecule has 90 valence electrons. The van der Waals surface area contributed by atoms with E-state index < -0.39 is 8.32 Å². The molecule has 0 unspecified atom stereocenters. The van der Waals surface area contributed by atoms with E-state index in [9.17, 15) is 0 Å². The Hall–Kier alpha value is -0.403. The smallest absolute Gasteiger partial charge is 0.250 e. The van der Waals surface area contributed by atoms with Gasteiger partial charge in [-0.25, -0.2) is 0 Å². The Bertz CT molecular complexity index is 325. The average Bonchev–Trinajstić information content (AvgIpc) is 2.16. The van der Waals surface area contributed by atoms with Gasteiger partial charge in [-0.3, -0.25) is 0 Å². The summed E-state index contributed by atoms with van der Waals surface area (Å²) >= 11 is 1.69. The lowest BCUT2D eigenvalue weighted by atomic mass is 10.2. The summed E-state index contributed by atoms with van der Waals surface area (Å²) in [6, 6.07) is 2.29. The first-order chi connectivity index (χ1) is 7.26. The van der Waals surface area contributed by atoms with E-state index in [0.29, 0.717) is 0 Å². The molecular formula is C12H21NOSSi. The standard InChI is InChI=1S/C12H21NOSSi/c1-12(2,3)16(4,5)14-10-6-7-11(8-13)15-9-10/h6,11H,7,9H2,1-5H3/t11-/m0/s1. The van der Waals surface area contributed by atoms with Gasteiger partial charge in [0.15, 0.2) is 0 Å². The van der Waals surface area contributed by atoms with E-state index >= 15 is 0 Å². The van der Waals surface area contributed by atoms with Gasteiger partial charge < -0.3 is 4.43 Å². The lowest BCUT2D eigenvalue weighted by Gasteiger charge is -2.38. The molecule has 1 rings (SSSR count). The quantitative estimate of drug-likeness (QED) is 0.701. The third-order valence-corrected chi connectivity index (χ3v) is 8.86. The number of thioether (sulfide) groups is 1. The zero-order chi connectivity index (χ0) is 12.4. The van der Waals surface area contributed by atoms with Crippen molar-refractivity contribution in [3.8, 4) is 6.07 Å².